The Bertz CT molecular complexity index is 763. The molecule has 22 heavy (non-hydrogen) atoms. The standard InChI is InChI=1S/C16H11BrF3NO/c1-9-7-12(5-6-13(9)17)21-14(16(19,20)15(21)22)10-3-2-4-11(18)8-10/h2-8,14H,1H3/t14-/m0/s1. The Balaban J connectivity index is 2.06. The molecule has 1 amide bonds. The summed E-state index contributed by atoms with van der Waals surface area (Å²) in [5.41, 5.74) is 1.26. The van der Waals surface area contributed by atoms with Gasteiger partial charge in [0.2, 0.25) is 0 Å². The van der Waals surface area contributed by atoms with E-state index in [4.69, 9.17) is 0 Å². The van der Waals surface area contributed by atoms with E-state index in [9.17, 15) is 18.0 Å². The zero-order chi connectivity index (χ0) is 16.1. The summed E-state index contributed by atoms with van der Waals surface area (Å²) in [6, 6.07) is 8.38. The maximum absolute atomic E-state index is 14.0. The Labute approximate surface area is 133 Å². The quantitative estimate of drug-likeness (QED) is 0.707. The average Bonchev–Trinajstić information content (AvgIpc) is 2.47. The van der Waals surface area contributed by atoms with Crippen molar-refractivity contribution in [1.29, 1.82) is 0 Å². The lowest BCUT2D eigenvalue weighted by molar-refractivity contribution is -0.162. The third kappa shape index (κ3) is 2.22. The van der Waals surface area contributed by atoms with Gasteiger partial charge in [0.05, 0.1) is 0 Å². The lowest BCUT2D eigenvalue weighted by Crippen LogP contribution is -2.64. The molecule has 3 rings (SSSR count). The number of carbonyl (C=O) groups excluding carboxylic acids is 1. The van der Waals surface area contributed by atoms with Gasteiger partial charge < -0.3 is 0 Å². The molecule has 1 fully saturated rings. The first-order valence-corrected chi connectivity index (χ1v) is 7.35. The number of hydrogen-bond acceptors (Lipinski definition) is 1. The molecule has 0 aliphatic carbocycles. The first kappa shape index (κ1) is 15.1. The van der Waals surface area contributed by atoms with Gasteiger partial charge in [-0.1, -0.05) is 28.1 Å². The second-order valence-corrected chi connectivity index (χ2v) is 6.04. The Kier molecular flexibility index (Phi) is 3.51. The van der Waals surface area contributed by atoms with Gasteiger partial charge in [-0.05, 0) is 48.4 Å². The van der Waals surface area contributed by atoms with Crippen LogP contribution >= 0.6 is 15.9 Å². The molecule has 0 saturated carbocycles. The topological polar surface area (TPSA) is 20.3 Å². The second-order valence-electron chi connectivity index (χ2n) is 5.19. The molecule has 1 aliphatic heterocycles. The van der Waals surface area contributed by atoms with E-state index in [1.807, 2.05) is 0 Å². The van der Waals surface area contributed by atoms with E-state index in [0.717, 1.165) is 21.0 Å². The Morgan fingerprint density at radius 1 is 1.18 bits per heavy atom. The summed E-state index contributed by atoms with van der Waals surface area (Å²) in [5, 5.41) is 0. The van der Waals surface area contributed by atoms with E-state index in [-0.39, 0.29) is 5.56 Å². The number of amides is 1. The molecule has 6 heteroatoms. The number of anilines is 1. The van der Waals surface area contributed by atoms with Crippen LogP contribution in [0.25, 0.3) is 0 Å². The number of β-lactam (4-membered cyclic amide) rings is 1. The summed E-state index contributed by atoms with van der Waals surface area (Å²) >= 11 is 3.32. The Morgan fingerprint density at radius 3 is 2.55 bits per heavy atom. The van der Waals surface area contributed by atoms with Crippen molar-refractivity contribution in [3.63, 3.8) is 0 Å². The lowest BCUT2D eigenvalue weighted by atomic mass is 9.88. The van der Waals surface area contributed by atoms with E-state index in [0.29, 0.717) is 5.69 Å². The van der Waals surface area contributed by atoms with Crippen LogP contribution in [0.2, 0.25) is 0 Å². The van der Waals surface area contributed by atoms with E-state index >= 15 is 0 Å². The van der Waals surface area contributed by atoms with Gasteiger partial charge in [-0.25, -0.2) is 4.39 Å². The van der Waals surface area contributed by atoms with Gasteiger partial charge in [-0.15, -0.1) is 0 Å². The van der Waals surface area contributed by atoms with Crippen molar-refractivity contribution in [2.24, 2.45) is 0 Å². The van der Waals surface area contributed by atoms with Gasteiger partial charge >= 0.3 is 11.8 Å². The molecule has 114 valence electrons. The van der Waals surface area contributed by atoms with Crippen LogP contribution in [0.3, 0.4) is 0 Å². The van der Waals surface area contributed by atoms with Crippen LogP contribution in [-0.2, 0) is 4.79 Å². The normalized spacial score (nSPS) is 20.0. The molecule has 2 nitrogen and oxygen atoms in total. The van der Waals surface area contributed by atoms with Crippen LogP contribution in [0.5, 0.6) is 0 Å². The highest BCUT2D eigenvalue weighted by Gasteiger charge is 2.64. The van der Waals surface area contributed by atoms with Crippen LogP contribution in [-0.4, -0.2) is 11.8 Å². The minimum atomic E-state index is -3.53. The van der Waals surface area contributed by atoms with Crippen LogP contribution in [0.15, 0.2) is 46.9 Å². The first-order valence-electron chi connectivity index (χ1n) is 6.55. The molecule has 2 aromatic carbocycles. The summed E-state index contributed by atoms with van der Waals surface area (Å²) in [7, 11) is 0. The molecular formula is C16H11BrF3NO. The summed E-state index contributed by atoms with van der Waals surface area (Å²) in [4.78, 5) is 12.8. The number of hydrogen-bond donors (Lipinski definition) is 0. The molecule has 0 N–H and O–H groups in total. The zero-order valence-electron chi connectivity index (χ0n) is 11.5. The number of benzene rings is 2. The number of aryl methyl sites for hydroxylation is 1. The molecular weight excluding hydrogens is 359 g/mol. The largest absolute Gasteiger partial charge is 0.349 e. The van der Waals surface area contributed by atoms with Crippen molar-refractivity contribution in [2.75, 3.05) is 4.90 Å². The molecule has 0 unspecified atom stereocenters. The average molecular weight is 370 g/mol. The lowest BCUT2D eigenvalue weighted by Gasteiger charge is -2.46. The summed E-state index contributed by atoms with van der Waals surface area (Å²) in [6.45, 7) is 1.80. The molecule has 2 aromatic rings. The van der Waals surface area contributed by atoms with Gasteiger partial charge in [0.25, 0.3) is 0 Å². The molecule has 0 spiro atoms. The van der Waals surface area contributed by atoms with Crippen molar-refractivity contribution in [3.8, 4) is 0 Å². The number of carbonyl (C=O) groups is 1. The van der Waals surface area contributed by atoms with Gasteiger partial charge in [0.15, 0.2) is 0 Å². The van der Waals surface area contributed by atoms with Crippen molar-refractivity contribution < 1.29 is 18.0 Å². The Morgan fingerprint density at radius 2 is 1.91 bits per heavy atom. The van der Waals surface area contributed by atoms with Crippen LogP contribution in [0, 0.1) is 12.7 Å². The summed E-state index contributed by atoms with van der Waals surface area (Å²) in [5.74, 6) is -5.42. The molecule has 1 heterocycles. The van der Waals surface area contributed by atoms with Crippen LogP contribution in [0.1, 0.15) is 17.2 Å². The van der Waals surface area contributed by atoms with Crippen molar-refractivity contribution in [1.82, 2.24) is 0 Å². The van der Waals surface area contributed by atoms with Gasteiger partial charge in [0.1, 0.15) is 11.9 Å². The van der Waals surface area contributed by atoms with Gasteiger partial charge in [-0.2, -0.15) is 8.78 Å². The molecule has 1 aliphatic rings. The third-order valence-corrected chi connectivity index (χ3v) is 4.58. The van der Waals surface area contributed by atoms with E-state index in [2.05, 4.69) is 15.9 Å². The maximum atomic E-state index is 14.0. The number of nitrogens with zero attached hydrogens (tertiary/aromatic N) is 1. The smallest absolute Gasteiger partial charge is 0.293 e. The highest BCUT2D eigenvalue weighted by atomic mass is 79.9. The number of halogens is 4. The minimum absolute atomic E-state index is 0.0742. The fourth-order valence-corrected chi connectivity index (χ4v) is 2.82. The van der Waals surface area contributed by atoms with Gasteiger partial charge in [-0.3, -0.25) is 9.69 Å². The SMILES string of the molecule is Cc1cc(N2C(=O)C(F)(F)[C@@H]2c2cccc(F)c2)ccc1Br. The van der Waals surface area contributed by atoms with E-state index < -0.39 is 23.7 Å². The predicted molar refractivity (Wildman–Crippen MR) is 80.5 cm³/mol. The fraction of sp³-hybridized carbons (Fsp3) is 0.188. The minimum Gasteiger partial charge on any atom is -0.293 e. The molecule has 1 saturated heterocycles. The second kappa shape index (κ2) is 5.12. The highest BCUT2D eigenvalue weighted by molar-refractivity contribution is 9.10. The Hall–Kier alpha value is -1.82. The fourth-order valence-electron chi connectivity index (χ4n) is 2.57. The van der Waals surface area contributed by atoms with Crippen molar-refractivity contribution in [2.45, 2.75) is 18.9 Å². The van der Waals surface area contributed by atoms with Crippen LogP contribution < -0.4 is 4.90 Å². The highest BCUT2D eigenvalue weighted by Crippen LogP contribution is 2.50. The van der Waals surface area contributed by atoms with Crippen LogP contribution in [0.4, 0.5) is 18.9 Å². The third-order valence-electron chi connectivity index (χ3n) is 3.69. The van der Waals surface area contributed by atoms with E-state index in [1.54, 1.807) is 25.1 Å². The first-order chi connectivity index (χ1) is 10.3. The van der Waals surface area contributed by atoms with Gasteiger partial charge in [0, 0.05) is 10.2 Å². The molecule has 1 atom stereocenters. The maximum Gasteiger partial charge on any atom is 0.349 e. The van der Waals surface area contributed by atoms with Crippen molar-refractivity contribution in [3.05, 3.63) is 63.9 Å². The monoisotopic (exact) mass is 369 g/mol. The summed E-state index contributed by atoms with van der Waals surface area (Å²) in [6.07, 6.45) is 0. The predicted octanol–water partition coefficient (Wildman–Crippen LogP) is 4.62. The number of alkyl halides is 2. The molecule has 0 bridgehead atoms. The zero-order valence-corrected chi connectivity index (χ0v) is 13.1. The number of rotatable bonds is 2. The van der Waals surface area contributed by atoms with E-state index in [1.165, 1.54) is 18.2 Å². The molecule has 0 aromatic heterocycles. The van der Waals surface area contributed by atoms with Crippen molar-refractivity contribution >= 4 is 27.5 Å². The molecule has 0 radical (unpaired) electrons. The summed E-state index contributed by atoms with van der Waals surface area (Å²) < 4.78 is 42.2.